The molecule has 182 valence electrons. The van der Waals surface area contributed by atoms with Crippen molar-refractivity contribution in [3.63, 3.8) is 0 Å². The molecule has 2 aromatic carbocycles. The van der Waals surface area contributed by atoms with Gasteiger partial charge in [-0.25, -0.2) is 13.2 Å². The molecular formula is C26H27BF3N3O2. The molecule has 1 amide bonds. The number of likely N-dealkylation sites (tertiary alicyclic amines) is 1. The predicted octanol–water partition coefficient (Wildman–Crippen LogP) is 4.05. The van der Waals surface area contributed by atoms with E-state index in [2.05, 4.69) is 10.3 Å². The van der Waals surface area contributed by atoms with Gasteiger partial charge in [-0.3, -0.25) is 9.78 Å². The molecular weight excluding hydrogens is 454 g/mol. The first-order valence-electron chi connectivity index (χ1n) is 11.6. The van der Waals surface area contributed by atoms with Crippen LogP contribution in [0.25, 0.3) is 10.9 Å². The minimum Gasteiger partial charge on any atom is -0.400 e. The molecule has 0 spiro atoms. The summed E-state index contributed by atoms with van der Waals surface area (Å²) < 4.78 is 40.5. The largest absolute Gasteiger partial charge is 0.400 e. The Balaban J connectivity index is 0.00000141. The standard InChI is InChI=1S/C25H23BF3N3O.CH4O/c26-22-11-21(30-12-16-2-1-3-18(23(16)27)24(28)29)19-10-15(6-7-20(19)31-22)17-8-9-32(13-17)25(33)14-4-5-14;1-2/h1-3,6-7,10-11,14,17,24H,4-5,8-9,12-13H2,(H,30,31);2H,1H3. The summed E-state index contributed by atoms with van der Waals surface area (Å²) in [4.78, 5) is 18.8. The average Bonchev–Trinajstić information content (AvgIpc) is 3.59. The van der Waals surface area contributed by atoms with Crippen LogP contribution in [0.3, 0.4) is 0 Å². The van der Waals surface area contributed by atoms with Gasteiger partial charge in [-0.2, -0.15) is 0 Å². The number of anilines is 1. The van der Waals surface area contributed by atoms with E-state index in [1.807, 2.05) is 23.1 Å². The molecule has 1 aromatic heterocycles. The van der Waals surface area contributed by atoms with Crippen LogP contribution in [0, 0.1) is 11.7 Å². The maximum absolute atomic E-state index is 14.5. The summed E-state index contributed by atoms with van der Waals surface area (Å²) in [5, 5.41) is 11.0. The van der Waals surface area contributed by atoms with E-state index in [0.29, 0.717) is 23.3 Å². The van der Waals surface area contributed by atoms with Crippen LogP contribution in [0.15, 0.2) is 42.5 Å². The number of rotatable bonds is 6. The first kappa shape index (κ1) is 25.0. The van der Waals surface area contributed by atoms with Crippen molar-refractivity contribution in [3.8, 4) is 0 Å². The number of aliphatic hydroxyl groups excluding tert-OH is 1. The Kier molecular flexibility index (Phi) is 7.64. The van der Waals surface area contributed by atoms with Gasteiger partial charge in [-0.15, -0.1) is 0 Å². The molecule has 2 fully saturated rings. The maximum atomic E-state index is 14.5. The third-order valence-corrected chi connectivity index (χ3v) is 6.56. The molecule has 3 aromatic rings. The van der Waals surface area contributed by atoms with Crippen LogP contribution in [0.1, 0.15) is 48.3 Å². The van der Waals surface area contributed by atoms with Crippen molar-refractivity contribution >= 4 is 35.9 Å². The second kappa shape index (κ2) is 10.7. The zero-order valence-corrected chi connectivity index (χ0v) is 19.5. The maximum Gasteiger partial charge on any atom is 0.266 e. The molecule has 1 aliphatic carbocycles. The summed E-state index contributed by atoms with van der Waals surface area (Å²) in [6, 6.07) is 11.6. The molecule has 5 rings (SSSR count). The predicted molar refractivity (Wildman–Crippen MR) is 131 cm³/mol. The van der Waals surface area contributed by atoms with Gasteiger partial charge in [0.15, 0.2) is 0 Å². The van der Waals surface area contributed by atoms with E-state index in [1.54, 1.807) is 6.07 Å². The van der Waals surface area contributed by atoms with Crippen LogP contribution in [0.5, 0.6) is 0 Å². The van der Waals surface area contributed by atoms with E-state index in [9.17, 15) is 18.0 Å². The zero-order chi connectivity index (χ0) is 25.1. The van der Waals surface area contributed by atoms with E-state index in [0.717, 1.165) is 49.9 Å². The number of pyridine rings is 1. The number of alkyl halides is 2. The fourth-order valence-electron chi connectivity index (χ4n) is 4.58. The van der Waals surface area contributed by atoms with Gasteiger partial charge in [0, 0.05) is 55.2 Å². The van der Waals surface area contributed by atoms with Gasteiger partial charge in [0.25, 0.3) is 6.43 Å². The molecule has 2 N–H and O–H groups in total. The van der Waals surface area contributed by atoms with Crippen molar-refractivity contribution in [1.82, 2.24) is 9.88 Å². The molecule has 2 heterocycles. The first-order valence-corrected chi connectivity index (χ1v) is 11.6. The molecule has 35 heavy (non-hydrogen) atoms. The topological polar surface area (TPSA) is 65.5 Å². The lowest BCUT2D eigenvalue weighted by Gasteiger charge is -2.17. The van der Waals surface area contributed by atoms with Crippen LogP contribution in [0.4, 0.5) is 18.9 Å². The molecule has 2 radical (unpaired) electrons. The van der Waals surface area contributed by atoms with Gasteiger partial charge in [0.05, 0.1) is 11.1 Å². The Morgan fingerprint density at radius 2 is 1.97 bits per heavy atom. The minimum atomic E-state index is -2.87. The van der Waals surface area contributed by atoms with E-state index in [4.69, 9.17) is 13.0 Å². The van der Waals surface area contributed by atoms with Gasteiger partial charge in [-0.05, 0) is 48.6 Å². The van der Waals surface area contributed by atoms with Crippen molar-refractivity contribution in [1.29, 1.82) is 0 Å². The number of halogens is 3. The monoisotopic (exact) mass is 481 g/mol. The summed E-state index contributed by atoms with van der Waals surface area (Å²) in [6.45, 7) is 1.50. The number of hydrogen-bond donors (Lipinski definition) is 2. The second-order valence-corrected chi connectivity index (χ2v) is 8.89. The summed E-state index contributed by atoms with van der Waals surface area (Å²) in [5.74, 6) is -0.184. The zero-order valence-electron chi connectivity index (χ0n) is 19.5. The van der Waals surface area contributed by atoms with Crippen LogP contribution >= 0.6 is 0 Å². The number of hydrogen-bond acceptors (Lipinski definition) is 4. The van der Waals surface area contributed by atoms with E-state index in [-0.39, 0.29) is 29.9 Å². The van der Waals surface area contributed by atoms with Crippen LogP contribution < -0.4 is 10.9 Å². The number of carbonyl (C=O) groups excluding carboxylic acids is 1. The smallest absolute Gasteiger partial charge is 0.266 e. The fourth-order valence-corrected chi connectivity index (χ4v) is 4.58. The lowest BCUT2D eigenvalue weighted by molar-refractivity contribution is -0.131. The quantitative estimate of drug-likeness (QED) is 0.522. The highest BCUT2D eigenvalue weighted by Crippen LogP contribution is 2.36. The molecule has 1 saturated carbocycles. The lowest BCUT2D eigenvalue weighted by Crippen LogP contribution is -2.29. The fraction of sp³-hybridized carbons (Fsp3) is 0.385. The molecule has 1 aliphatic heterocycles. The second-order valence-electron chi connectivity index (χ2n) is 8.89. The number of aliphatic hydroxyl groups is 1. The van der Waals surface area contributed by atoms with Crippen molar-refractivity contribution in [2.24, 2.45) is 5.92 Å². The molecule has 5 nitrogen and oxygen atoms in total. The molecule has 1 atom stereocenters. The lowest BCUT2D eigenvalue weighted by atomic mass is 9.95. The minimum absolute atomic E-state index is 0.0300. The molecule has 1 unspecified atom stereocenters. The SMILES string of the molecule is CO.[B]c1cc(NCc2cccc(C(F)F)c2F)c2cc(C3CCN(C(=O)C4CC4)C3)ccc2n1. The number of aromatic nitrogens is 1. The Morgan fingerprint density at radius 1 is 1.20 bits per heavy atom. The summed E-state index contributed by atoms with van der Waals surface area (Å²) in [6.07, 6.45) is 0.0289. The normalized spacial score (nSPS) is 17.4. The third kappa shape index (κ3) is 5.45. The van der Waals surface area contributed by atoms with E-state index < -0.39 is 17.8 Å². The van der Waals surface area contributed by atoms with Crippen molar-refractivity contribution in [2.75, 3.05) is 25.5 Å². The molecule has 1 saturated heterocycles. The Labute approximate surface area is 203 Å². The van der Waals surface area contributed by atoms with E-state index in [1.165, 1.54) is 12.1 Å². The van der Waals surface area contributed by atoms with Gasteiger partial charge < -0.3 is 15.3 Å². The summed E-state index contributed by atoms with van der Waals surface area (Å²) in [7, 11) is 6.96. The molecule has 2 aliphatic rings. The Morgan fingerprint density at radius 3 is 2.69 bits per heavy atom. The van der Waals surface area contributed by atoms with Gasteiger partial charge in [0.1, 0.15) is 13.7 Å². The van der Waals surface area contributed by atoms with Crippen LogP contribution in [-0.4, -0.2) is 48.9 Å². The van der Waals surface area contributed by atoms with Gasteiger partial charge in [0.2, 0.25) is 5.91 Å². The number of carbonyl (C=O) groups is 1. The Hall–Kier alpha value is -3.07. The van der Waals surface area contributed by atoms with Crippen molar-refractivity contribution in [2.45, 2.75) is 38.2 Å². The summed E-state index contributed by atoms with van der Waals surface area (Å²) >= 11 is 0. The van der Waals surface area contributed by atoms with E-state index >= 15 is 0 Å². The van der Waals surface area contributed by atoms with Gasteiger partial charge in [-0.1, -0.05) is 24.3 Å². The molecule has 0 bridgehead atoms. The number of nitrogens with zero attached hydrogens (tertiary/aromatic N) is 2. The highest BCUT2D eigenvalue weighted by molar-refractivity contribution is 6.31. The third-order valence-electron chi connectivity index (χ3n) is 6.56. The van der Waals surface area contributed by atoms with Crippen LogP contribution in [-0.2, 0) is 11.3 Å². The highest BCUT2D eigenvalue weighted by atomic mass is 19.3. The number of benzene rings is 2. The number of nitrogens with one attached hydrogen (secondary N) is 1. The summed E-state index contributed by atoms with van der Waals surface area (Å²) in [5.41, 5.74) is 2.30. The highest BCUT2D eigenvalue weighted by Gasteiger charge is 2.36. The average molecular weight is 481 g/mol. The van der Waals surface area contributed by atoms with Crippen molar-refractivity contribution in [3.05, 3.63) is 65.0 Å². The Bertz CT molecular complexity index is 1220. The number of amides is 1. The van der Waals surface area contributed by atoms with Gasteiger partial charge >= 0.3 is 0 Å². The first-order chi connectivity index (χ1) is 16.9. The van der Waals surface area contributed by atoms with Crippen LogP contribution in [0.2, 0.25) is 0 Å². The van der Waals surface area contributed by atoms with Crippen molar-refractivity contribution < 1.29 is 23.1 Å². The number of fused-ring (bicyclic) bond motifs is 1. The molecule has 9 heteroatoms.